The van der Waals surface area contributed by atoms with Crippen LogP contribution in [0.25, 0.3) is 5.69 Å². The van der Waals surface area contributed by atoms with Gasteiger partial charge in [0, 0.05) is 18.7 Å². The lowest BCUT2D eigenvalue weighted by atomic mass is 10.2. The maximum atomic E-state index is 10.5. The van der Waals surface area contributed by atoms with Crippen molar-refractivity contribution in [2.45, 2.75) is 12.8 Å². The summed E-state index contributed by atoms with van der Waals surface area (Å²) in [6.45, 7) is 0.115. The van der Waals surface area contributed by atoms with Crippen LogP contribution in [-0.2, 0) is 6.42 Å². The van der Waals surface area contributed by atoms with Crippen LogP contribution in [0.15, 0.2) is 30.5 Å². The van der Waals surface area contributed by atoms with Gasteiger partial charge in [-0.1, -0.05) is 5.21 Å². The first kappa shape index (κ1) is 12.2. The number of rotatable bonds is 5. The Morgan fingerprint density at radius 1 is 1.33 bits per heavy atom. The van der Waals surface area contributed by atoms with Crippen molar-refractivity contribution >= 4 is 5.69 Å². The predicted octanol–water partition coefficient (Wildman–Crippen LogP) is 1.10. The maximum absolute atomic E-state index is 10.5. The normalized spacial score (nSPS) is 10.5. The highest BCUT2D eigenvalue weighted by Gasteiger charge is 2.06. The molecule has 0 bridgehead atoms. The first-order chi connectivity index (χ1) is 8.70. The lowest BCUT2D eigenvalue weighted by Gasteiger charge is -1.98. The molecule has 0 spiro atoms. The van der Waals surface area contributed by atoms with Gasteiger partial charge in [0.15, 0.2) is 0 Å². The molecule has 7 nitrogen and oxygen atoms in total. The van der Waals surface area contributed by atoms with E-state index in [1.807, 2.05) is 0 Å². The molecule has 2 rings (SSSR count). The molecular weight excluding hydrogens is 236 g/mol. The second-order valence-electron chi connectivity index (χ2n) is 3.76. The number of hydrogen-bond acceptors (Lipinski definition) is 5. The summed E-state index contributed by atoms with van der Waals surface area (Å²) in [5.74, 6) is 0. The molecule has 7 heteroatoms. The van der Waals surface area contributed by atoms with E-state index < -0.39 is 4.92 Å². The second kappa shape index (κ2) is 5.37. The minimum atomic E-state index is -0.447. The first-order valence-electron chi connectivity index (χ1n) is 5.47. The highest BCUT2D eigenvalue weighted by atomic mass is 16.6. The summed E-state index contributed by atoms with van der Waals surface area (Å²) >= 11 is 0. The molecule has 0 unspecified atom stereocenters. The van der Waals surface area contributed by atoms with Crippen molar-refractivity contribution in [1.82, 2.24) is 15.0 Å². The van der Waals surface area contributed by atoms with E-state index in [1.165, 1.54) is 12.1 Å². The average molecular weight is 248 g/mol. The van der Waals surface area contributed by atoms with Crippen LogP contribution in [-0.4, -0.2) is 31.6 Å². The number of aliphatic hydroxyl groups excluding tert-OH is 1. The fraction of sp³-hybridized carbons (Fsp3) is 0.273. The van der Waals surface area contributed by atoms with Gasteiger partial charge in [-0.25, -0.2) is 4.68 Å². The lowest BCUT2D eigenvalue weighted by molar-refractivity contribution is -0.384. The number of aryl methyl sites for hydroxylation is 1. The standard InChI is InChI=1S/C11H12N4O3/c16-7-1-2-9-8-14(13-12-9)10-3-5-11(6-4-10)15(17)18/h3-6,8,16H,1-2,7H2. The number of hydrogen-bond donors (Lipinski definition) is 1. The van der Waals surface area contributed by atoms with E-state index in [9.17, 15) is 10.1 Å². The van der Waals surface area contributed by atoms with E-state index in [4.69, 9.17) is 5.11 Å². The number of aromatic nitrogens is 3. The summed E-state index contributed by atoms with van der Waals surface area (Å²) in [6, 6.07) is 6.07. The number of nitro groups is 1. The summed E-state index contributed by atoms with van der Waals surface area (Å²) < 4.78 is 1.55. The average Bonchev–Trinajstić information content (AvgIpc) is 2.85. The SMILES string of the molecule is O=[N+]([O-])c1ccc(-n2cc(CCCO)nn2)cc1. The van der Waals surface area contributed by atoms with E-state index in [0.29, 0.717) is 18.5 Å². The van der Waals surface area contributed by atoms with Crippen LogP contribution in [0.2, 0.25) is 0 Å². The zero-order valence-corrected chi connectivity index (χ0v) is 9.56. The molecule has 0 fully saturated rings. The van der Waals surface area contributed by atoms with E-state index in [-0.39, 0.29) is 12.3 Å². The van der Waals surface area contributed by atoms with Gasteiger partial charge >= 0.3 is 0 Å². The summed E-state index contributed by atoms with van der Waals surface area (Å²) in [5.41, 5.74) is 1.53. The molecule has 1 aromatic heterocycles. The summed E-state index contributed by atoms with van der Waals surface area (Å²) in [6.07, 6.45) is 3.04. The Hall–Kier alpha value is -2.28. The number of non-ortho nitro benzene ring substituents is 1. The van der Waals surface area contributed by atoms with Crippen LogP contribution in [0.5, 0.6) is 0 Å². The van der Waals surface area contributed by atoms with Crippen molar-refractivity contribution in [3.63, 3.8) is 0 Å². The highest BCUT2D eigenvalue weighted by molar-refractivity contribution is 5.40. The van der Waals surface area contributed by atoms with Gasteiger partial charge in [0.1, 0.15) is 0 Å². The van der Waals surface area contributed by atoms with Crippen molar-refractivity contribution in [3.05, 3.63) is 46.3 Å². The molecule has 1 aromatic carbocycles. The Bertz CT molecular complexity index is 535. The zero-order chi connectivity index (χ0) is 13.0. The molecule has 1 N–H and O–H groups in total. The van der Waals surface area contributed by atoms with E-state index in [0.717, 1.165) is 5.69 Å². The Balaban J connectivity index is 2.15. The monoisotopic (exact) mass is 248 g/mol. The molecule has 0 aliphatic heterocycles. The molecule has 94 valence electrons. The Kier molecular flexibility index (Phi) is 3.63. The van der Waals surface area contributed by atoms with Crippen molar-refractivity contribution in [3.8, 4) is 5.69 Å². The topological polar surface area (TPSA) is 94.1 Å². The van der Waals surface area contributed by atoms with Gasteiger partial charge in [-0.3, -0.25) is 10.1 Å². The van der Waals surface area contributed by atoms with Crippen LogP contribution >= 0.6 is 0 Å². The third-order valence-electron chi connectivity index (χ3n) is 2.46. The summed E-state index contributed by atoms with van der Waals surface area (Å²) in [7, 11) is 0. The van der Waals surface area contributed by atoms with Crippen molar-refractivity contribution in [2.24, 2.45) is 0 Å². The number of nitrogens with zero attached hydrogens (tertiary/aromatic N) is 4. The van der Waals surface area contributed by atoms with Crippen LogP contribution in [0.1, 0.15) is 12.1 Å². The Morgan fingerprint density at radius 2 is 2.06 bits per heavy atom. The van der Waals surface area contributed by atoms with Crippen molar-refractivity contribution in [1.29, 1.82) is 0 Å². The van der Waals surface area contributed by atoms with Gasteiger partial charge in [0.2, 0.25) is 0 Å². The minimum absolute atomic E-state index is 0.0411. The first-order valence-corrected chi connectivity index (χ1v) is 5.47. The third kappa shape index (κ3) is 2.69. The lowest BCUT2D eigenvalue weighted by Crippen LogP contribution is -1.95. The van der Waals surface area contributed by atoms with Gasteiger partial charge in [-0.05, 0) is 25.0 Å². The molecule has 0 aliphatic rings. The predicted molar refractivity (Wildman–Crippen MR) is 63.4 cm³/mol. The minimum Gasteiger partial charge on any atom is -0.396 e. The number of nitro benzene ring substituents is 1. The molecule has 18 heavy (non-hydrogen) atoms. The van der Waals surface area contributed by atoms with Gasteiger partial charge < -0.3 is 5.11 Å². The molecule has 0 saturated carbocycles. The quantitative estimate of drug-likeness (QED) is 0.631. The molecule has 1 heterocycles. The molecule has 0 amide bonds. The fourth-order valence-electron chi connectivity index (χ4n) is 1.53. The van der Waals surface area contributed by atoms with Crippen molar-refractivity contribution in [2.75, 3.05) is 6.61 Å². The number of benzene rings is 1. The maximum Gasteiger partial charge on any atom is 0.269 e. The fourth-order valence-corrected chi connectivity index (χ4v) is 1.53. The molecule has 0 saturated heterocycles. The molecular formula is C11H12N4O3. The van der Waals surface area contributed by atoms with E-state index in [2.05, 4.69) is 10.3 Å². The summed E-state index contributed by atoms with van der Waals surface area (Å²) in [5, 5.41) is 27.1. The molecule has 0 aliphatic carbocycles. The van der Waals surface area contributed by atoms with Crippen molar-refractivity contribution < 1.29 is 10.0 Å². The largest absolute Gasteiger partial charge is 0.396 e. The second-order valence-corrected chi connectivity index (χ2v) is 3.76. The van der Waals surface area contributed by atoms with Crippen LogP contribution in [0, 0.1) is 10.1 Å². The van der Waals surface area contributed by atoms with Crippen LogP contribution in [0.3, 0.4) is 0 Å². The Labute approximate surface area is 103 Å². The van der Waals surface area contributed by atoms with Crippen LogP contribution in [0.4, 0.5) is 5.69 Å². The van der Waals surface area contributed by atoms with Gasteiger partial charge in [0.05, 0.1) is 22.5 Å². The summed E-state index contributed by atoms with van der Waals surface area (Å²) in [4.78, 5) is 10.1. The smallest absolute Gasteiger partial charge is 0.269 e. The number of aliphatic hydroxyl groups is 1. The Morgan fingerprint density at radius 3 is 2.67 bits per heavy atom. The van der Waals surface area contributed by atoms with E-state index >= 15 is 0 Å². The van der Waals surface area contributed by atoms with Gasteiger partial charge in [-0.2, -0.15) is 0 Å². The van der Waals surface area contributed by atoms with Gasteiger partial charge in [-0.15, -0.1) is 5.10 Å². The van der Waals surface area contributed by atoms with E-state index in [1.54, 1.807) is 23.0 Å². The highest BCUT2D eigenvalue weighted by Crippen LogP contribution is 2.14. The third-order valence-corrected chi connectivity index (χ3v) is 2.46. The zero-order valence-electron chi connectivity index (χ0n) is 9.56. The molecule has 0 radical (unpaired) electrons. The van der Waals surface area contributed by atoms with Gasteiger partial charge in [0.25, 0.3) is 5.69 Å². The van der Waals surface area contributed by atoms with Crippen LogP contribution < -0.4 is 0 Å². The molecule has 0 atom stereocenters. The molecule has 2 aromatic rings.